The molecular weight excluding hydrogens is 686 g/mol. The van der Waals surface area contributed by atoms with Gasteiger partial charge in [0.15, 0.2) is 0 Å². The Bertz CT molecular complexity index is 1430. The number of tetrazole rings is 1. The maximum absolute atomic E-state index is 12.2. The van der Waals surface area contributed by atoms with Gasteiger partial charge >= 0.3 is 12.0 Å². The lowest BCUT2D eigenvalue weighted by molar-refractivity contribution is -0.124. The largest absolute Gasteiger partial charge is 0.475 e. The van der Waals surface area contributed by atoms with E-state index in [0.29, 0.717) is 82.2 Å². The van der Waals surface area contributed by atoms with Gasteiger partial charge in [-0.15, -0.1) is 15.0 Å². The van der Waals surface area contributed by atoms with E-state index in [2.05, 4.69) is 42.0 Å². The highest BCUT2D eigenvalue weighted by Gasteiger charge is 2.42. The molecule has 19 heteroatoms. The van der Waals surface area contributed by atoms with Gasteiger partial charge in [0, 0.05) is 62.3 Å². The third kappa shape index (κ3) is 14.4. The quantitative estimate of drug-likeness (QED) is 0.0615. The van der Waals surface area contributed by atoms with E-state index in [1.807, 2.05) is 11.8 Å². The summed E-state index contributed by atoms with van der Waals surface area (Å²) in [5.41, 5.74) is 0.975. The molecule has 3 atom stereocenters. The van der Waals surface area contributed by atoms with E-state index in [9.17, 15) is 24.0 Å². The Morgan fingerprint density at radius 3 is 2.10 bits per heavy atom. The van der Waals surface area contributed by atoms with Gasteiger partial charge in [-0.25, -0.2) is 9.59 Å². The summed E-state index contributed by atoms with van der Waals surface area (Å²) in [7, 11) is 0. The van der Waals surface area contributed by atoms with Crippen molar-refractivity contribution in [3.63, 3.8) is 0 Å². The molecule has 2 aliphatic rings. The fraction of sp³-hybridized carbons (Fsp3) is 0.625. The fourth-order valence-electron chi connectivity index (χ4n) is 5.33. The molecule has 4 rings (SSSR count). The number of carbonyl (C=O) groups excluding carboxylic acids is 4. The van der Waals surface area contributed by atoms with Gasteiger partial charge in [0.1, 0.15) is 0 Å². The van der Waals surface area contributed by atoms with Gasteiger partial charge < -0.3 is 45.9 Å². The molecule has 1 aromatic heterocycles. The molecule has 2 fully saturated rings. The van der Waals surface area contributed by atoms with Crippen LogP contribution in [0, 0.1) is 0 Å². The van der Waals surface area contributed by atoms with Crippen LogP contribution in [-0.4, -0.2) is 131 Å². The smallest absolute Gasteiger partial charge is 0.377 e. The Morgan fingerprint density at radius 2 is 1.45 bits per heavy atom. The number of hydrogen-bond donors (Lipinski definition) is 6. The molecule has 3 heterocycles. The standard InChI is InChI=1S/C32H47N9O9S/c42-26(6-2-1-5-25-29-24(21-51-25)36-32(47)37-29)33-13-3-15-48-17-19-50-20-18-49-16-4-14-34-27(43)11-12-28(44)35-22-7-9-23(10-8-22)41-39-30(31(45)46)38-40-41/h7-10,24-25,29H,1-6,11-21H2,(H,33,42)(H,34,43)(H,35,44)(H,45,46)(H2,36,37,47)/t24-,25-,29-/m0/s1. The van der Waals surface area contributed by atoms with Crippen LogP contribution in [0.3, 0.4) is 0 Å². The summed E-state index contributed by atoms with van der Waals surface area (Å²) < 4.78 is 16.6. The molecule has 2 saturated heterocycles. The predicted octanol–water partition coefficient (Wildman–Crippen LogP) is 0.867. The molecule has 0 bridgehead atoms. The first-order valence-corrected chi connectivity index (χ1v) is 18.2. The second-order valence-corrected chi connectivity index (χ2v) is 13.2. The maximum Gasteiger partial charge on any atom is 0.377 e. The highest BCUT2D eigenvalue weighted by molar-refractivity contribution is 8.00. The van der Waals surface area contributed by atoms with Crippen molar-refractivity contribution in [1.82, 2.24) is 41.5 Å². The summed E-state index contributed by atoms with van der Waals surface area (Å²) in [5, 5.41) is 34.5. The summed E-state index contributed by atoms with van der Waals surface area (Å²) >= 11 is 1.89. The SMILES string of the molecule is O=C(CCCC[C@@H]1SC[C@@H]2NC(=O)N[C@@H]21)NCCCOCCOCCOCCCNC(=O)CCC(=O)Nc1ccc(-n2nnc(C(=O)O)n2)cc1. The van der Waals surface area contributed by atoms with Crippen LogP contribution in [0.2, 0.25) is 0 Å². The number of urea groups is 1. The Kier molecular flexibility index (Phi) is 16.9. The number of carboxylic acid groups (broad SMARTS) is 1. The number of aromatic nitrogens is 4. The van der Waals surface area contributed by atoms with Crippen LogP contribution in [0.4, 0.5) is 10.5 Å². The zero-order chi connectivity index (χ0) is 36.3. The number of aromatic carboxylic acids is 1. The molecule has 51 heavy (non-hydrogen) atoms. The van der Waals surface area contributed by atoms with Crippen LogP contribution in [0.5, 0.6) is 0 Å². The third-order valence-electron chi connectivity index (χ3n) is 7.97. The van der Waals surface area contributed by atoms with Crippen LogP contribution in [0.15, 0.2) is 24.3 Å². The zero-order valence-corrected chi connectivity index (χ0v) is 29.3. The van der Waals surface area contributed by atoms with E-state index in [-0.39, 0.29) is 48.7 Å². The molecule has 0 aliphatic carbocycles. The summed E-state index contributed by atoms with van der Waals surface area (Å²) in [6.45, 7) is 3.76. The van der Waals surface area contributed by atoms with Crippen molar-refractivity contribution in [1.29, 1.82) is 0 Å². The molecule has 2 aromatic rings. The average Bonchev–Trinajstić information content (AvgIpc) is 3.85. The molecule has 0 saturated carbocycles. The van der Waals surface area contributed by atoms with Crippen LogP contribution < -0.4 is 26.6 Å². The lowest BCUT2D eigenvalue weighted by Gasteiger charge is -2.16. The number of fused-ring (bicyclic) bond motifs is 1. The summed E-state index contributed by atoms with van der Waals surface area (Å²) in [6, 6.07) is 6.78. The molecular formula is C32H47N9O9S. The lowest BCUT2D eigenvalue weighted by atomic mass is 10.0. The molecule has 1 aromatic carbocycles. The van der Waals surface area contributed by atoms with E-state index >= 15 is 0 Å². The summed E-state index contributed by atoms with van der Waals surface area (Å²) in [5.74, 6) is -1.26. The molecule has 5 amide bonds. The van der Waals surface area contributed by atoms with Crippen LogP contribution in [0.1, 0.15) is 62.0 Å². The van der Waals surface area contributed by atoms with E-state index < -0.39 is 11.8 Å². The number of nitrogens with zero attached hydrogens (tertiary/aromatic N) is 4. The molecule has 280 valence electrons. The molecule has 0 radical (unpaired) electrons. The normalized spacial score (nSPS) is 17.7. The van der Waals surface area contributed by atoms with E-state index in [1.54, 1.807) is 24.3 Å². The molecule has 0 spiro atoms. The van der Waals surface area contributed by atoms with Crippen molar-refractivity contribution in [2.24, 2.45) is 0 Å². The van der Waals surface area contributed by atoms with Crippen LogP contribution in [0.25, 0.3) is 5.69 Å². The van der Waals surface area contributed by atoms with Gasteiger partial charge in [-0.1, -0.05) is 6.42 Å². The number of unbranched alkanes of at least 4 members (excludes halogenated alkanes) is 1. The number of nitrogens with one attached hydrogen (secondary N) is 5. The van der Waals surface area contributed by atoms with E-state index in [1.165, 1.54) is 0 Å². The minimum absolute atomic E-state index is 0.0123. The van der Waals surface area contributed by atoms with Gasteiger partial charge in [-0.3, -0.25) is 14.4 Å². The van der Waals surface area contributed by atoms with Crippen LogP contribution >= 0.6 is 11.8 Å². The minimum atomic E-state index is -1.29. The fourth-order valence-corrected chi connectivity index (χ4v) is 6.88. The summed E-state index contributed by atoms with van der Waals surface area (Å²) in [4.78, 5) is 59.8. The zero-order valence-electron chi connectivity index (χ0n) is 28.5. The Hall–Kier alpha value is -4.33. The number of ether oxygens (including phenoxy) is 3. The number of benzene rings is 1. The molecule has 0 unspecified atom stereocenters. The molecule has 18 nitrogen and oxygen atoms in total. The van der Waals surface area contributed by atoms with Crippen molar-refractivity contribution in [3.05, 3.63) is 30.1 Å². The lowest BCUT2D eigenvalue weighted by Crippen LogP contribution is -2.36. The van der Waals surface area contributed by atoms with Crippen molar-refractivity contribution < 1.29 is 43.3 Å². The number of rotatable bonds is 25. The van der Waals surface area contributed by atoms with Crippen molar-refractivity contribution in [3.8, 4) is 5.69 Å². The van der Waals surface area contributed by atoms with Gasteiger partial charge in [-0.2, -0.15) is 11.8 Å². The van der Waals surface area contributed by atoms with Crippen molar-refractivity contribution in [2.45, 2.75) is 68.7 Å². The number of carbonyl (C=O) groups is 5. The third-order valence-corrected chi connectivity index (χ3v) is 9.47. The van der Waals surface area contributed by atoms with Crippen molar-refractivity contribution >= 4 is 47.2 Å². The first kappa shape index (κ1) is 39.5. The number of anilines is 1. The minimum Gasteiger partial charge on any atom is -0.475 e. The number of amides is 5. The second-order valence-electron chi connectivity index (χ2n) is 11.9. The molecule has 6 N–H and O–H groups in total. The Morgan fingerprint density at radius 1 is 0.824 bits per heavy atom. The highest BCUT2D eigenvalue weighted by Crippen LogP contribution is 2.33. The predicted molar refractivity (Wildman–Crippen MR) is 186 cm³/mol. The van der Waals surface area contributed by atoms with Crippen LogP contribution in [-0.2, 0) is 28.6 Å². The first-order chi connectivity index (χ1) is 24.8. The summed E-state index contributed by atoms with van der Waals surface area (Å²) in [6.07, 6.45) is 4.72. The van der Waals surface area contributed by atoms with Gasteiger partial charge in [0.05, 0.1) is 44.2 Å². The number of carboxylic acids is 1. The second kappa shape index (κ2) is 21.8. The number of thioether (sulfide) groups is 1. The van der Waals surface area contributed by atoms with Gasteiger partial charge in [0.2, 0.25) is 17.7 Å². The molecule has 2 aliphatic heterocycles. The van der Waals surface area contributed by atoms with Crippen molar-refractivity contribution in [2.75, 3.05) is 63.8 Å². The monoisotopic (exact) mass is 733 g/mol. The number of hydrogen-bond acceptors (Lipinski definition) is 12. The van der Waals surface area contributed by atoms with Gasteiger partial charge in [0.25, 0.3) is 5.82 Å². The maximum atomic E-state index is 12.2. The van der Waals surface area contributed by atoms with E-state index in [4.69, 9.17) is 19.3 Å². The average molecular weight is 734 g/mol. The Labute approximate surface area is 299 Å². The topological polar surface area (TPSA) is 237 Å². The van der Waals surface area contributed by atoms with Gasteiger partial charge in [-0.05, 0) is 55.2 Å². The first-order valence-electron chi connectivity index (χ1n) is 17.2. The Balaban J connectivity index is 0.867. The highest BCUT2D eigenvalue weighted by atomic mass is 32.2. The van der Waals surface area contributed by atoms with E-state index in [0.717, 1.165) is 36.2 Å².